The van der Waals surface area contributed by atoms with Crippen molar-refractivity contribution in [2.45, 2.75) is 0 Å². The van der Waals surface area contributed by atoms with Crippen LogP contribution in [0.25, 0.3) is 23.2 Å². The Morgan fingerprint density at radius 3 is 2.57 bits per heavy atom. The number of para-hydroxylation sites is 1. The molecule has 2 aromatic carbocycles. The first-order chi connectivity index (χ1) is 13.7. The minimum atomic E-state index is -0.436. The van der Waals surface area contributed by atoms with Gasteiger partial charge in [0.2, 0.25) is 0 Å². The van der Waals surface area contributed by atoms with Gasteiger partial charge in [-0.1, -0.05) is 54.1 Å². The lowest BCUT2D eigenvalue weighted by molar-refractivity contribution is -0.111. The van der Waals surface area contributed by atoms with Gasteiger partial charge < -0.3 is 9.73 Å². The van der Waals surface area contributed by atoms with Gasteiger partial charge in [0, 0.05) is 11.6 Å². The van der Waals surface area contributed by atoms with Crippen molar-refractivity contribution >= 4 is 35.0 Å². The van der Waals surface area contributed by atoms with Crippen LogP contribution in [0.3, 0.4) is 0 Å². The number of carbonyl (C=O) groups excluding carboxylic acids is 1. The van der Waals surface area contributed by atoms with E-state index in [2.05, 4.69) is 20.8 Å². The predicted molar refractivity (Wildman–Crippen MR) is 106 cm³/mol. The Kier molecular flexibility index (Phi) is 4.99. The van der Waals surface area contributed by atoms with Crippen molar-refractivity contribution in [1.82, 2.24) is 20.2 Å². The van der Waals surface area contributed by atoms with Gasteiger partial charge >= 0.3 is 0 Å². The molecule has 0 saturated heterocycles. The SMILES string of the molecule is O=C(Nc1ccccc1Cl)/C(=C/c1ccco1)n1nnnc1-c1ccccc1. The Labute approximate surface area is 165 Å². The number of hydrogen-bond acceptors (Lipinski definition) is 5. The summed E-state index contributed by atoms with van der Waals surface area (Å²) in [6, 6.07) is 19.8. The average molecular weight is 392 g/mol. The fourth-order valence-corrected chi connectivity index (χ4v) is 2.78. The molecule has 1 N–H and O–H groups in total. The molecule has 7 nitrogen and oxygen atoms in total. The van der Waals surface area contributed by atoms with Crippen molar-refractivity contribution in [2.24, 2.45) is 0 Å². The van der Waals surface area contributed by atoms with E-state index in [4.69, 9.17) is 16.0 Å². The van der Waals surface area contributed by atoms with Gasteiger partial charge in [0.25, 0.3) is 5.91 Å². The van der Waals surface area contributed by atoms with Crippen molar-refractivity contribution in [2.75, 3.05) is 5.32 Å². The maximum Gasteiger partial charge on any atom is 0.274 e. The first-order valence-electron chi connectivity index (χ1n) is 8.37. The van der Waals surface area contributed by atoms with Crippen LogP contribution in [0.1, 0.15) is 5.76 Å². The molecule has 0 atom stereocenters. The molecule has 0 aliphatic rings. The first kappa shape index (κ1) is 17.7. The fraction of sp³-hybridized carbons (Fsp3) is 0. The molecular formula is C20H14ClN5O2. The van der Waals surface area contributed by atoms with Crippen molar-refractivity contribution in [3.8, 4) is 11.4 Å². The Bertz CT molecular complexity index is 1120. The van der Waals surface area contributed by atoms with E-state index >= 15 is 0 Å². The number of tetrazole rings is 1. The third kappa shape index (κ3) is 3.70. The van der Waals surface area contributed by atoms with Crippen LogP contribution >= 0.6 is 11.6 Å². The van der Waals surface area contributed by atoms with E-state index in [1.807, 2.05) is 30.3 Å². The number of carbonyl (C=O) groups is 1. The molecule has 138 valence electrons. The minimum Gasteiger partial charge on any atom is -0.465 e. The van der Waals surface area contributed by atoms with Crippen molar-refractivity contribution < 1.29 is 9.21 Å². The molecule has 0 aliphatic carbocycles. The molecule has 0 aliphatic heterocycles. The molecule has 2 aromatic heterocycles. The molecule has 0 spiro atoms. The monoisotopic (exact) mass is 391 g/mol. The lowest BCUT2D eigenvalue weighted by Crippen LogP contribution is -2.19. The highest BCUT2D eigenvalue weighted by Crippen LogP contribution is 2.24. The zero-order valence-corrected chi connectivity index (χ0v) is 15.2. The largest absolute Gasteiger partial charge is 0.465 e. The highest BCUT2D eigenvalue weighted by atomic mass is 35.5. The summed E-state index contributed by atoms with van der Waals surface area (Å²) < 4.78 is 6.73. The number of rotatable bonds is 5. The maximum atomic E-state index is 13.1. The molecule has 0 radical (unpaired) electrons. The van der Waals surface area contributed by atoms with Gasteiger partial charge in [-0.3, -0.25) is 4.79 Å². The van der Waals surface area contributed by atoms with E-state index in [1.165, 1.54) is 10.9 Å². The summed E-state index contributed by atoms with van der Waals surface area (Å²) in [5.41, 5.74) is 1.43. The second-order valence-electron chi connectivity index (χ2n) is 5.76. The van der Waals surface area contributed by atoms with E-state index in [1.54, 1.807) is 42.5 Å². The van der Waals surface area contributed by atoms with Crippen LogP contribution in [0.4, 0.5) is 5.69 Å². The summed E-state index contributed by atoms with van der Waals surface area (Å²) in [6.07, 6.45) is 3.09. The van der Waals surface area contributed by atoms with Gasteiger partial charge in [0.1, 0.15) is 11.5 Å². The van der Waals surface area contributed by atoms with Gasteiger partial charge in [-0.2, -0.15) is 4.68 Å². The molecule has 4 aromatic rings. The highest BCUT2D eigenvalue weighted by Gasteiger charge is 2.20. The molecule has 1 amide bonds. The maximum absolute atomic E-state index is 13.1. The summed E-state index contributed by atoms with van der Waals surface area (Å²) in [5.74, 6) is 0.473. The van der Waals surface area contributed by atoms with Crippen LogP contribution < -0.4 is 5.32 Å². The van der Waals surface area contributed by atoms with Crippen LogP contribution in [0.5, 0.6) is 0 Å². The molecule has 28 heavy (non-hydrogen) atoms. The zero-order chi connectivity index (χ0) is 19.3. The molecular weight excluding hydrogens is 378 g/mol. The van der Waals surface area contributed by atoms with E-state index in [0.717, 1.165) is 5.56 Å². The van der Waals surface area contributed by atoms with Gasteiger partial charge in [-0.25, -0.2) is 0 Å². The molecule has 2 heterocycles. The van der Waals surface area contributed by atoms with E-state index in [-0.39, 0.29) is 5.70 Å². The topological polar surface area (TPSA) is 85.8 Å². The Balaban J connectivity index is 1.77. The van der Waals surface area contributed by atoms with Crippen molar-refractivity contribution in [1.29, 1.82) is 0 Å². The van der Waals surface area contributed by atoms with E-state index in [0.29, 0.717) is 22.3 Å². The van der Waals surface area contributed by atoms with Gasteiger partial charge in [-0.05, 0) is 34.7 Å². The number of hydrogen-bond donors (Lipinski definition) is 1. The Hall–Kier alpha value is -3.71. The van der Waals surface area contributed by atoms with Gasteiger partial charge in [0.15, 0.2) is 5.82 Å². The first-order valence-corrected chi connectivity index (χ1v) is 8.75. The molecule has 0 fully saturated rings. The van der Waals surface area contributed by atoms with Crippen LogP contribution in [0, 0.1) is 0 Å². The van der Waals surface area contributed by atoms with Crippen LogP contribution in [-0.4, -0.2) is 26.1 Å². The summed E-state index contributed by atoms with van der Waals surface area (Å²) >= 11 is 6.17. The number of nitrogens with one attached hydrogen (secondary N) is 1. The predicted octanol–water partition coefficient (Wildman–Crippen LogP) is 4.22. The van der Waals surface area contributed by atoms with E-state index < -0.39 is 5.91 Å². The smallest absolute Gasteiger partial charge is 0.274 e. The standard InChI is InChI=1S/C20H14ClN5O2/c21-16-10-4-5-11-17(16)22-20(27)18(13-15-9-6-12-28-15)26-19(23-24-25-26)14-7-2-1-3-8-14/h1-13H,(H,22,27)/b18-13-. The fourth-order valence-electron chi connectivity index (χ4n) is 2.60. The Morgan fingerprint density at radius 1 is 1.04 bits per heavy atom. The number of halogens is 1. The number of aromatic nitrogens is 4. The molecule has 0 unspecified atom stereocenters. The average Bonchev–Trinajstić information content (AvgIpc) is 3.40. The number of benzene rings is 2. The molecule has 0 saturated carbocycles. The molecule has 8 heteroatoms. The normalized spacial score (nSPS) is 11.4. The number of anilines is 1. The minimum absolute atomic E-state index is 0.179. The van der Waals surface area contributed by atoms with E-state index in [9.17, 15) is 4.79 Å². The quantitative estimate of drug-likeness (QED) is 0.515. The molecule has 4 rings (SSSR count). The second-order valence-corrected chi connectivity index (χ2v) is 6.17. The molecule has 0 bridgehead atoms. The van der Waals surface area contributed by atoms with Crippen molar-refractivity contribution in [3.05, 3.63) is 83.8 Å². The van der Waals surface area contributed by atoms with Gasteiger partial charge in [0.05, 0.1) is 17.0 Å². The lowest BCUT2D eigenvalue weighted by Gasteiger charge is -2.11. The lowest BCUT2D eigenvalue weighted by atomic mass is 10.2. The number of amides is 1. The summed E-state index contributed by atoms with van der Waals surface area (Å²) in [7, 11) is 0. The van der Waals surface area contributed by atoms with Crippen LogP contribution in [0.15, 0.2) is 77.4 Å². The summed E-state index contributed by atoms with van der Waals surface area (Å²) in [6.45, 7) is 0. The third-order valence-electron chi connectivity index (χ3n) is 3.91. The number of nitrogens with zero attached hydrogens (tertiary/aromatic N) is 4. The van der Waals surface area contributed by atoms with Crippen LogP contribution in [0.2, 0.25) is 5.02 Å². The third-order valence-corrected chi connectivity index (χ3v) is 4.24. The Morgan fingerprint density at radius 2 is 1.82 bits per heavy atom. The zero-order valence-electron chi connectivity index (χ0n) is 14.5. The number of furan rings is 1. The second kappa shape index (κ2) is 7.89. The summed E-state index contributed by atoms with van der Waals surface area (Å²) in [5, 5.41) is 15.0. The highest BCUT2D eigenvalue weighted by molar-refractivity contribution is 6.35. The van der Waals surface area contributed by atoms with Crippen molar-refractivity contribution in [3.63, 3.8) is 0 Å². The van der Waals surface area contributed by atoms with Crippen LogP contribution in [-0.2, 0) is 4.79 Å². The van der Waals surface area contributed by atoms with Gasteiger partial charge in [-0.15, -0.1) is 5.10 Å². The summed E-state index contributed by atoms with van der Waals surface area (Å²) in [4.78, 5) is 13.1.